The van der Waals surface area contributed by atoms with Crippen LogP contribution in [-0.4, -0.2) is 24.9 Å². The van der Waals surface area contributed by atoms with E-state index < -0.39 is 11.7 Å². The number of primary amides is 1. The van der Waals surface area contributed by atoms with Gasteiger partial charge in [0.05, 0.1) is 12.2 Å². The summed E-state index contributed by atoms with van der Waals surface area (Å²) in [6.45, 7) is 2.57. The van der Waals surface area contributed by atoms with Crippen LogP contribution in [0.4, 0.5) is 10.1 Å². The molecule has 4 N–H and O–H groups in total. The fraction of sp³-hybridized carbons (Fsp3) is 0.273. The maximum absolute atomic E-state index is 13.3. The van der Waals surface area contributed by atoms with E-state index in [1.807, 2.05) is 6.92 Å². The summed E-state index contributed by atoms with van der Waals surface area (Å²) in [5.41, 5.74) is 5.15. The highest BCUT2D eigenvalue weighted by Crippen LogP contribution is 2.15. The van der Waals surface area contributed by atoms with E-state index in [0.717, 1.165) is 6.07 Å². The molecule has 5 nitrogen and oxygen atoms in total. The van der Waals surface area contributed by atoms with Crippen molar-refractivity contribution in [3.05, 3.63) is 29.6 Å². The Balaban J connectivity index is 2.79. The number of halogens is 1. The number of carbonyl (C=O) groups excluding carboxylic acids is 2. The molecule has 0 unspecified atom stereocenters. The summed E-state index contributed by atoms with van der Waals surface area (Å²) < 4.78 is 13.3. The van der Waals surface area contributed by atoms with Crippen LogP contribution in [0.15, 0.2) is 18.2 Å². The number of amides is 2. The Morgan fingerprint density at radius 1 is 1.41 bits per heavy atom. The zero-order chi connectivity index (χ0) is 12.8. The van der Waals surface area contributed by atoms with Crippen LogP contribution in [0.3, 0.4) is 0 Å². The van der Waals surface area contributed by atoms with Crippen molar-refractivity contribution < 1.29 is 14.0 Å². The smallest absolute Gasteiger partial charge is 0.248 e. The van der Waals surface area contributed by atoms with Gasteiger partial charge >= 0.3 is 0 Å². The van der Waals surface area contributed by atoms with Crippen LogP contribution in [0.1, 0.15) is 17.3 Å². The molecule has 0 aliphatic rings. The van der Waals surface area contributed by atoms with E-state index in [0.29, 0.717) is 6.54 Å². The number of nitrogens with one attached hydrogen (secondary N) is 2. The van der Waals surface area contributed by atoms with Gasteiger partial charge in [-0.25, -0.2) is 4.39 Å². The summed E-state index contributed by atoms with van der Waals surface area (Å²) in [5.74, 6) is -1.67. The number of hydrogen-bond donors (Lipinski definition) is 3. The lowest BCUT2D eigenvalue weighted by Crippen LogP contribution is -2.28. The molecule has 17 heavy (non-hydrogen) atoms. The first-order chi connectivity index (χ1) is 8.04. The molecular weight excluding hydrogens is 225 g/mol. The second kappa shape index (κ2) is 5.95. The Morgan fingerprint density at radius 3 is 2.71 bits per heavy atom. The molecule has 1 rings (SSSR count). The zero-order valence-corrected chi connectivity index (χ0v) is 9.42. The molecule has 0 spiro atoms. The van der Waals surface area contributed by atoms with Gasteiger partial charge in [0.1, 0.15) is 5.82 Å². The number of anilines is 1. The molecule has 1 aromatic carbocycles. The molecule has 6 heteroatoms. The van der Waals surface area contributed by atoms with Crippen molar-refractivity contribution in [2.45, 2.75) is 6.92 Å². The van der Waals surface area contributed by atoms with Crippen LogP contribution in [0.5, 0.6) is 0 Å². The van der Waals surface area contributed by atoms with Crippen molar-refractivity contribution in [3.8, 4) is 0 Å². The third-order valence-electron chi connectivity index (χ3n) is 2.06. The van der Waals surface area contributed by atoms with Crippen molar-refractivity contribution in [1.82, 2.24) is 5.32 Å². The Kier molecular flexibility index (Phi) is 4.59. The van der Waals surface area contributed by atoms with E-state index in [1.54, 1.807) is 0 Å². The Morgan fingerprint density at radius 2 is 2.12 bits per heavy atom. The highest BCUT2D eigenvalue weighted by atomic mass is 19.1. The van der Waals surface area contributed by atoms with Gasteiger partial charge in [-0.3, -0.25) is 9.59 Å². The molecule has 0 bridgehead atoms. The molecule has 92 valence electrons. The van der Waals surface area contributed by atoms with Gasteiger partial charge in [0.2, 0.25) is 11.8 Å². The number of benzene rings is 1. The van der Waals surface area contributed by atoms with E-state index in [1.165, 1.54) is 12.1 Å². The van der Waals surface area contributed by atoms with Crippen molar-refractivity contribution in [2.75, 3.05) is 18.4 Å². The first-order valence-corrected chi connectivity index (χ1v) is 5.14. The predicted molar refractivity (Wildman–Crippen MR) is 62.1 cm³/mol. The normalized spacial score (nSPS) is 10.0. The minimum Gasteiger partial charge on any atom is -0.366 e. The van der Waals surface area contributed by atoms with Crippen molar-refractivity contribution >= 4 is 17.5 Å². The monoisotopic (exact) mass is 239 g/mol. The third kappa shape index (κ3) is 3.84. The lowest BCUT2D eigenvalue weighted by Gasteiger charge is -2.07. The quantitative estimate of drug-likeness (QED) is 0.698. The van der Waals surface area contributed by atoms with Crippen molar-refractivity contribution in [2.24, 2.45) is 5.73 Å². The maximum Gasteiger partial charge on any atom is 0.248 e. The van der Waals surface area contributed by atoms with Crippen LogP contribution in [0.2, 0.25) is 0 Å². The van der Waals surface area contributed by atoms with Crippen LogP contribution in [0, 0.1) is 5.82 Å². The van der Waals surface area contributed by atoms with Crippen LogP contribution in [0.25, 0.3) is 0 Å². The Labute approximate surface area is 98.2 Å². The first-order valence-electron chi connectivity index (χ1n) is 5.14. The van der Waals surface area contributed by atoms with Crippen LogP contribution in [-0.2, 0) is 4.79 Å². The molecule has 0 aliphatic carbocycles. The molecule has 0 saturated heterocycles. The van der Waals surface area contributed by atoms with E-state index in [9.17, 15) is 14.0 Å². The second-order valence-electron chi connectivity index (χ2n) is 3.39. The minimum atomic E-state index is -0.674. The lowest BCUT2D eigenvalue weighted by atomic mass is 10.2. The predicted octanol–water partition coefficient (Wildman–Crippen LogP) is 0.473. The molecule has 0 radical (unpaired) electrons. The van der Waals surface area contributed by atoms with E-state index in [-0.39, 0.29) is 23.7 Å². The fourth-order valence-electron chi connectivity index (χ4n) is 1.21. The molecular formula is C11H14FN3O2. The molecule has 0 heterocycles. The van der Waals surface area contributed by atoms with Crippen molar-refractivity contribution in [1.29, 1.82) is 0 Å². The first kappa shape index (κ1) is 13.1. The van der Waals surface area contributed by atoms with E-state index in [2.05, 4.69) is 10.6 Å². The third-order valence-corrected chi connectivity index (χ3v) is 2.06. The maximum atomic E-state index is 13.3. The van der Waals surface area contributed by atoms with Gasteiger partial charge in [-0.2, -0.15) is 0 Å². The Bertz CT molecular complexity index is 435. The molecule has 1 aromatic rings. The molecule has 0 fully saturated rings. The topological polar surface area (TPSA) is 84.2 Å². The average molecular weight is 239 g/mol. The van der Waals surface area contributed by atoms with Gasteiger partial charge in [0.25, 0.3) is 0 Å². The van der Waals surface area contributed by atoms with Gasteiger partial charge < -0.3 is 16.4 Å². The van der Waals surface area contributed by atoms with Gasteiger partial charge in [-0.1, -0.05) is 6.92 Å². The van der Waals surface area contributed by atoms with Crippen LogP contribution >= 0.6 is 0 Å². The van der Waals surface area contributed by atoms with Crippen LogP contribution < -0.4 is 16.4 Å². The zero-order valence-electron chi connectivity index (χ0n) is 9.42. The number of nitrogens with two attached hydrogens (primary N) is 1. The number of hydrogen-bond acceptors (Lipinski definition) is 3. The van der Waals surface area contributed by atoms with Gasteiger partial charge in [-0.05, 0) is 24.7 Å². The number of likely N-dealkylation sites (N-methyl/N-ethyl adjacent to an activating group) is 1. The summed E-state index contributed by atoms with van der Waals surface area (Å²) in [5, 5.41) is 5.16. The van der Waals surface area contributed by atoms with E-state index >= 15 is 0 Å². The SMILES string of the molecule is CCNCC(=O)Nc1cc(C(N)=O)ccc1F. The second-order valence-corrected chi connectivity index (χ2v) is 3.39. The molecule has 0 aromatic heterocycles. The highest BCUT2D eigenvalue weighted by molar-refractivity contribution is 5.96. The molecule has 0 atom stereocenters. The lowest BCUT2D eigenvalue weighted by molar-refractivity contribution is -0.115. The highest BCUT2D eigenvalue weighted by Gasteiger charge is 2.09. The summed E-state index contributed by atoms with van der Waals surface area (Å²) in [6.07, 6.45) is 0. The van der Waals surface area contributed by atoms with Gasteiger partial charge in [-0.15, -0.1) is 0 Å². The van der Waals surface area contributed by atoms with Gasteiger partial charge in [0.15, 0.2) is 0 Å². The molecule has 0 aliphatic heterocycles. The summed E-state index contributed by atoms with van der Waals surface area (Å²) in [6, 6.07) is 3.56. The summed E-state index contributed by atoms with van der Waals surface area (Å²) in [4.78, 5) is 22.2. The standard InChI is InChI=1S/C11H14FN3O2/c1-2-14-6-10(16)15-9-5-7(11(13)17)3-4-8(9)12/h3-5,14H,2,6H2,1H3,(H2,13,17)(H,15,16). The number of carbonyl (C=O) groups is 2. The van der Waals surface area contributed by atoms with Gasteiger partial charge in [0, 0.05) is 5.56 Å². The molecule has 0 saturated carbocycles. The van der Waals surface area contributed by atoms with E-state index in [4.69, 9.17) is 5.73 Å². The Hall–Kier alpha value is -1.95. The largest absolute Gasteiger partial charge is 0.366 e. The fourth-order valence-corrected chi connectivity index (χ4v) is 1.21. The molecule has 2 amide bonds. The summed E-state index contributed by atoms with van der Waals surface area (Å²) >= 11 is 0. The number of rotatable bonds is 5. The van der Waals surface area contributed by atoms with Crippen molar-refractivity contribution in [3.63, 3.8) is 0 Å². The minimum absolute atomic E-state index is 0.0517. The summed E-state index contributed by atoms with van der Waals surface area (Å²) in [7, 11) is 0. The average Bonchev–Trinajstić information content (AvgIpc) is 2.29.